The number of fused-ring (bicyclic) bond motifs is 6. The highest BCUT2D eigenvalue weighted by atomic mass is 35.5. The summed E-state index contributed by atoms with van der Waals surface area (Å²) in [6.45, 7) is 6.51. The summed E-state index contributed by atoms with van der Waals surface area (Å²) < 4.78 is 0. The van der Waals surface area contributed by atoms with E-state index in [1.807, 2.05) is 0 Å². The van der Waals surface area contributed by atoms with Crippen LogP contribution in [-0.2, 0) is 15.6 Å². The Labute approximate surface area is 151 Å². The van der Waals surface area contributed by atoms with Gasteiger partial charge in [0.15, 0.2) is 0 Å². The molecule has 1 aromatic carbocycles. The van der Waals surface area contributed by atoms with Gasteiger partial charge in [-0.1, -0.05) is 44.0 Å². The molecule has 24 heavy (non-hydrogen) atoms. The van der Waals surface area contributed by atoms with E-state index >= 15 is 0 Å². The Kier molecular flexibility index (Phi) is 3.09. The molecule has 1 aromatic heterocycles. The fraction of sp³-hybridized carbons (Fsp3) is 0.500. The van der Waals surface area contributed by atoms with Crippen molar-refractivity contribution in [1.82, 2.24) is 15.3 Å². The van der Waals surface area contributed by atoms with E-state index in [9.17, 15) is 4.79 Å². The van der Waals surface area contributed by atoms with Crippen molar-refractivity contribution < 1.29 is 4.79 Å². The van der Waals surface area contributed by atoms with Crippen molar-refractivity contribution in [2.45, 2.75) is 44.4 Å². The third-order valence-corrected chi connectivity index (χ3v) is 7.42. The molecule has 1 fully saturated rings. The van der Waals surface area contributed by atoms with E-state index in [2.05, 4.69) is 26.1 Å². The highest BCUT2D eigenvalue weighted by molar-refractivity contribution is 6.42. The number of hydrogen-bond donors (Lipinski definition) is 1. The number of aromatic nitrogens is 2. The van der Waals surface area contributed by atoms with Crippen molar-refractivity contribution >= 4 is 40.1 Å². The lowest BCUT2D eigenvalue weighted by atomic mass is 9.63. The average Bonchev–Trinajstić information content (AvgIpc) is 2.83. The number of carbonyl (C=O) groups is 1. The minimum atomic E-state index is -0.654. The monoisotopic (exact) mass is 363 g/mol. The first kappa shape index (κ1) is 16.1. The van der Waals surface area contributed by atoms with Gasteiger partial charge in [-0.2, -0.15) is 0 Å². The lowest BCUT2D eigenvalue weighted by Gasteiger charge is -2.39. The van der Waals surface area contributed by atoms with Gasteiger partial charge in [0.05, 0.1) is 37.9 Å². The van der Waals surface area contributed by atoms with E-state index in [1.54, 1.807) is 19.2 Å². The molecule has 6 heteroatoms. The minimum Gasteiger partial charge on any atom is -0.358 e. The summed E-state index contributed by atoms with van der Waals surface area (Å²) in [4.78, 5) is 22.7. The lowest BCUT2D eigenvalue weighted by Crippen LogP contribution is -2.50. The number of halogens is 2. The van der Waals surface area contributed by atoms with Gasteiger partial charge in [-0.3, -0.25) is 4.79 Å². The lowest BCUT2D eigenvalue weighted by molar-refractivity contribution is -0.129. The summed E-state index contributed by atoms with van der Waals surface area (Å²) in [6, 6.07) is 3.48. The number of likely N-dealkylation sites (N-methyl/N-ethyl adjacent to an activating group) is 1. The van der Waals surface area contributed by atoms with Gasteiger partial charge in [0, 0.05) is 12.5 Å². The normalized spacial score (nSPS) is 29.8. The second-order valence-corrected chi connectivity index (χ2v) is 8.43. The molecule has 2 aliphatic rings. The second-order valence-electron chi connectivity index (χ2n) is 7.62. The van der Waals surface area contributed by atoms with Gasteiger partial charge in [-0.15, -0.1) is 0 Å². The average molecular weight is 364 g/mol. The third-order valence-electron chi connectivity index (χ3n) is 6.69. The van der Waals surface area contributed by atoms with Gasteiger partial charge in [0.2, 0.25) is 5.91 Å². The maximum atomic E-state index is 12.9. The highest BCUT2D eigenvalue weighted by Crippen LogP contribution is 2.70. The van der Waals surface area contributed by atoms with Gasteiger partial charge >= 0.3 is 0 Å². The van der Waals surface area contributed by atoms with E-state index in [0.29, 0.717) is 15.6 Å². The van der Waals surface area contributed by atoms with E-state index < -0.39 is 5.41 Å². The van der Waals surface area contributed by atoms with Crippen LogP contribution in [-0.4, -0.2) is 22.9 Å². The molecule has 0 unspecified atom stereocenters. The van der Waals surface area contributed by atoms with Crippen molar-refractivity contribution in [3.8, 4) is 0 Å². The first-order valence-electron chi connectivity index (χ1n) is 8.09. The molecule has 0 aliphatic heterocycles. The number of rotatable bonds is 1. The third kappa shape index (κ3) is 1.55. The first-order valence-corrected chi connectivity index (χ1v) is 8.84. The molecule has 2 bridgehead atoms. The number of amides is 1. The van der Waals surface area contributed by atoms with Crippen LogP contribution in [0.1, 0.15) is 45.0 Å². The fourth-order valence-electron chi connectivity index (χ4n) is 4.81. The summed E-state index contributed by atoms with van der Waals surface area (Å²) in [6.07, 6.45) is 1.70. The highest BCUT2D eigenvalue weighted by Gasteiger charge is 2.73. The van der Waals surface area contributed by atoms with Crippen molar-refractivity contribution in [2.75, 3.05) is 7.05 Å². The number of nitrogens with one attached hydrogen (secondary N) is 1. The van der Waals surface area contributed by atoms with Crippen molar-refractivity contribution in [1.29, 1.82) is 0 Å². The van der Waals surface area contributed by atoms with Gasteiger partial charge in [0.1, 0.15) is 0 Å². The van der Waals surface area contributed by atoms with E-state index in [1.165, 1.54) is 0 Å². The van der Waals surface area contributed by atoms with E-state index in [-0.39, 0.29) is 16.7 Å². The van der Waals surface area contributed by atoms with Crippen LogP contribution >= 0.6 is 23.2 Å². The minimum absolute atomic E-state index is 0.0173. The molecule has 0 saturated heterocycles. The second kappa shape index (κ2) is 4.61. The summed E-state index contributed by atoms with van der Waals surface area (Å²) >= 11 is 12.3. The Hall–Kier alpha value is -1.39. The molecule has 4 nitrogen and oxygen atoms in total. The number of benzene rings is 1. The summed E-state index contributed by atoms with van der Waals surface area (Å²) in [5, 5.41) is 3.76. The predicted octanol–water partition coefficient (Wildman–Crippen LogP) is 4.01. The number of nitrogens with zero attached hydrogens (tertiary/aromatic N) is 2. The Morgan fingerprint density at radius 3 is 2.12 bits per heavy atom. The van der Waals surface area contributed by atoms with Gasteiger partial charge in [-0.05, 0) is 30.4 Å². The molecule has 1 heterocycles. The molecular formula is C18H19Cl2N3O. The predicted molar refractivity (Wildman–Crippen MR) is 95.7 cm³/mol. The molecular weight excluding hydrogens is 345 g/mol. The summed E-state index contributed by atoms with van der Waals surface area (Å²) in [5.41, 5.74) is 2.01. The van der Waals surface area contributed by atoms with Crippen LogP contribution in [0.5, 0.6) is 0 Å². The maximum Gasteiger partial charge on any atom is 0.232 e. The molecule has 1 saturated carbocycles. The fourth-order valence-corrected chi connectivity index (χ4v) is 5.13. The molecule has 0 spiro atoms. The van der Waals surface area contributed by atoms with Crippen molar-refractivity contribution in [3.05, 3.63) is 33.6 Å². The molecule has 2 atom stereocenters. The number of carbonyl (C=O) groups excluding carboxylic acids is 1. The molecule has 0 radical (unpaired) electrons. The van der Waals surface area contributed by atoms with Crippen LogP contribution in [0.25, 0.3) is 11.0 Å². The number of hydrogen-bond acceptors (Lipinski definition) is 3. The Morgan fingerprint density at radius 2 is 1.58 bits per heavy atom. The molecule has 1 amide bonds. The summed E-state index contributed by atoms with van der Waals surface area (Å²) in [5.74, 6) is 0.0173. The molecule has 2 aromatic rings. The van der Waals surface area contributed by atoms with Crippen molar-refractivity contribution in [2.24, 2.45) is 5.41 Å². The van der Waals surface area contributed by atoms with Crippen LogP contribution < -0.4 is 5.32 Å². The quantitative estimate of drug-likeness (QED) is 0.832. The Bertz CT molecular complexity index is 911. The van der Waals surface area contributed by atoms with Gasteiger partial charge in [-0.25, -0.2) is 9.97 Å². The van der Waals surface area contributed by atoms with Crippen LogP contribution in [0, 0.1) is 5.41 Å². The molecule has 2 aliphatic carbocycles. The maximum absolute atomic E-state index is 12.9. The SMILES string of the molecule is CNC(=O)[C@@]12CC[C@@](C)(c3nc4cc(Cl)c(Cl)cc4nc31)C2(C)C. The molecule has 1 N–H and O–H groups in total. The van der Waals surface area contributed by atoms with Crippen LogP contribution in [0.15, 0.2) is 12.1 Å². The van der Waals surface area contributed by atoms with E-state index in [4.69, 9.17) is 33.2 Å². The Morgan fingerprint density at radius 1 is 1.04 bits per heavy atom. The van der Waals surface area contributed by atoms with Crippen LogP contribution in [0.4, 0.5) is 0 Å². The zero-order valence-electron chi connectivity index (χ0n) is 14.1. The van der Waals surface area contributed by atoms with Gasteiger partial charge < -0.3 is 5.32 Å². The zero-order chi connectivity index (χ0) is 17.5. The molecule has 4 rings (SSSR count). The summed E-state index contributed by atoms with van der Waals surface area (Å²) in [7, 11) is 1.69. The molecule has 126 valence electrons. The van der Waals surface area contributed by atoms with E-state index in [0.717, 1.165) is 29.7 Å². The largest absolute Gasteiger partial charge is 0.358 e. The zero-order valence-corrected chi connectivity index (χ0v) is 15.6. The van der Waals surface area contributed by atoms with Crippen molar-refractivity contribution in [3.63, 3.8) is 0 Å². The Balaban J connectivity index is 2.11. The van der Waals surface area contributed by atoms with Crippen LogP contribution in [0.3, 0.4) is 0 Å². The standard InChI is InChI=1S/C18H19Cl2N3O/c1-16(2)17(3)5-6-18(16,15(24)21-4)14-13(17)22-11-7-9(19)10(20)8-12(11)23-14/h7-8H,5-6H2,1-4H3,(H,21,24)/t17-,18+/m0/s1. The smallest absolute Gasteiger partial charge is 0.232 e. The topological polar surface area (TPSA) is 54.9 Å². The first-order chi connectivity index (χ1) is 11.2. The van der Waals surface area contributed by atoms with Gasteiger partial charge in [0.25, 0.3) is 0 Å². The van der Waals surface area contributed by atoms with Crippen LogP contribution in [0.2, 0.25) is 10.0 Å².